The summed E-state index contributed by atoms with van der Waals surface area (Å²) < 4.78 is 0. The third-order valence-electron chi connectivity index (χ3n) is 2.70. The van der Waals surface area contributed by atoms with Crippen LogP contribution in [0.3, 0.4) is 0 Å². The fourth-order valence-electron chi connectivity index (χ4n) is 1.56. The van der Waals surface area contributed by atoms with E-state index in [0.29, 0.717) is 5.95 Å². The van der Waals surface area contributed by atoms with Crippen molar-refractivity contribution in [1.29, 1.82) is 0 Å². The van der Waals surface area contributed by atoms with Gasteiger partial charge >= 0.3 is 0 Å². The molecule has 0 spiro atoms. The van der Waals surface area contributed by atoms with Crippen LogP contribution in [0.5, 0.6) is 0 Å². The first-order valence-corrected chi connectivity index (χ1v) is 5.60. The van der Waals surface area contributed by atoms with Crippen LogP contribution in [0.25, 0.3) is 0 Å². The molecule has 0 aromatic carbocycles. The smallest absolute Gasteiger partial charge is 0.222 e. The van der Waals surface area contributed by atoms with Gasteiger partial charge < -0.3 is 5.32 Å². The van der Waals surface area contributed by atoms with Crippen LogP contribution in [0.4, 0.5) is 5.95 Å². The summed E-state index contributed by atoms with van der Waals surface area (Å²) in [4.78, 5) is 12.4. The van der Waals surface area contributed by atoms with Crippen LogP contribution < -0.4 is 5.32 Å². The Bertz CT molecular complexity index is 453. The Hall–Kier alpha value is -1.97. The van der Waals surface area contributed by atoms with Crippen molar-refractivity contribution in [2.24, 2.45) is 0 Å². The number of hydrogen-bond donors (Lipinski definition) is 1. The van der Waals surface area contributed by atoms with E-state index in [1.165, 1.54) is 5.56 Å². The van der Waals surface area contributed by atoms with E-state index in [0.717, 1.165) is 6.54 Å². The molecule has 2 heterocycles. The van der Waals surface area contributed by atoms with Gasteiger partial charge in [-0.3, -0.25) is 4.98 Å². The zero-order valence-electron chi connectivity index (χ0n) is 10.1. The SMILES string of the molecule is CC(C)(CNc1ncccn1)c1cccnc1. The van der Waals surface area contributed by atoms with Crippen LogP contribution in [0.15, 0.2) is 43.0 Å². The predicted molar refractivity (Wildman–Crippen MR) is 67.8 cm³/mol. The van der Waals surface area contributed by atoms with Gasteiger partial charge in [0.05, 0.1) is 0 Å². The van der Waals surface area contributed by atoms with Gasteiger partial charge in [0.1, 0.15) is 0 Å². The molecule has 2 aromatic heterocycles. The molecule has 0 amide bonds. The van der Waals surface area contributed by atoms with Crippen molar-refractivity contribution in [3.05, 3.63) is 48.5 Å². The van der Waals surface area contributed by atoms with Crippen molar-refractivity contribution < 1.29 is 0 Å². The van der Waals surface area contributed by atoms with Gasteiger partial charge in [-0.2, -0.15) is 0 Å². The third-order valence-corrected chi connectivity index (χ3v) is 2.70. The summed E-state index contributed by atoms with van der Waals surface area (Å²) in [5, 5.41) is 3.23. The standard InChI is InChI=1S/C13H16N4/c1-13(2,11-5-3-6-14-9-11)10-17-12-15-7-4-8-16-12/h3-9H,10H2,1-2H3,(H,15,16,17). The molecule has 0 bridgehead atoms. The lowest BCUT2D eigenvalue weighted by Crippen LogP contribution is -2.28. The van der Waals surface area contributed by atoms with E-state index < -0.39 is 0 Å². The van der Waals surface area contributed by atoms with Gasteiger partial charge in [-0.1, -0.05) is 19.9 Å². The first-order chi connectivity index (χ1) is 8.18. The Morgan fingerprint density at radius 2 is 1.88 bits per heavy atom. The number of aromatic nitrogens is 3. The van der Waals surface area contributed by atoms with E-state index in [1.807, 2.05) is 12.3 Å². The molecule has 0 saturated carbocycles. The lowest BCUT2D eigenvalue weighted by Gasteiger charge is -2.25. The van der Waals surface area contributed by atoms with Gasteiger partial charge in [0.2, 0.25) is 5.95 Å². The minimum Gasteiger partial charge on any atom is -0.353 e. The minimum atomic E-state index is -0.00649. The Balaban J connectivity index is 2.03. The second-order valence-electron chi connectivity index (χ2n) is 4.55. The fraction of sp³-hybridized carbons (Fsp3) is 0.308. The van der Waals surface area contributed by atoms with Crippen molar-refractivity contribution in [1.82, 2.24) is 15.0 Å². The van der Waals surface area contributed by atoms with Crippen LogP contribution in [0, 0.1) is 0 Å². The van der Waals surface area contributed by atoms with Crippen molar-refractivity contribution in [2.45, 2.75) is 19.3 Å². The Morgan fingerprint density at radius 1 is 1.12 bits per heavy atom. The van der Waals surface area contributed by atoms with E-state index in [4.69, 9.17) is 0 Å². The van der Waals surface area contributed by atoms with E-state index in [2.05, 4.69) is 40.2 Å². The number of hydrogen-bond acceptors (Lipinski definition) is 4. The van der Waals surface area contributed by atoms with E-state index >= 15 is 0 Å². The maximum Gasteiger partial charge on any atom is 0.222 e. The highest BCUT2D eigenvalue weighted by molar-refractivity contribution is 5.28. The van der Waals surface area contributed by atoms with Crippen LogP contribution in [0.2, 0.25) is 0 Å². The number of pyridine rings is 1. The molecule has 88 valence electrons. The van der Waals surface area contributed by atoms with Gasteiger partial charge in [-0.25, -0.2) is 9.97 Å². The average molecular weight is 228 g/mol. The molecule has 2 rings (SSSR count). The molecule has 0 atom stereocenters. The highest BCUT2D eigenvalue weighted by Gasteiger charge is 2.20. The Morgan fingerprint density at radius 3 is 2.53 bits per heavy atom. The highest BCUT2D eigenvalue weighted by atomic mass is 15.1. The van der Waals surface area contributed by atoms with Crippen molar-refractivity contribution in [2.75, 3.05) is 11.9 Å². The molecule has 1 N–H and O–H groups in total. The van der Waals surface area contributed by atoms with Crippen molar-refractivity contribution >= 4 is 5.95 Å². The summed E-state index contributed by atoms with van der Waals surface area (Å²) in [6, 6.07) is 5.84. The molecular weight excluding hydrogens is 212 g/mol. The number of nitrogens with one attached hydrogen (secondary N) is 1. The van der Waals surface area contributed by atoms with Gasteiger partial charge in [-0.15, -0.1) is 0 Å². The van der Waals surface area contributed by atoms with Crippen LogP contribution in [0.1, 0.15) is 19.4 Å². The summed E-state index contributed by atoms with van der Waals surface area (Å²) in [6.07, 6.45) is 7.14. The zero-order valence-corrected chi connectivity index (χ0v) is 10.1. The van der Waals surface area contributed by atoms with E-state index in [9.17, 15) is 0 Å². The topological polar surface area (TPSA) is 50.7 Å². The predicted octanol–water partition coefficient (Wildman–Crippen LogP) is 2.26. The number of rotatable bonds is 4. The van der Waals surface area contributed by atoms with E-state index in [1.54, 1.807) is 24.7 Å². The van der Waals surface area contributed by atoms with Gasteiger partial charge in [-0.05, 0) is 17.7 Å². The minimum absolute atomic E-state index is 0.00649. The van der Waals surface area contributed by atoms with Crippen LogP contribution >= 0.6 is 0 Å². The fourth-order valence-corrected chi connectivity index (χ4v) is 1.56. The average Bonchev–Trinajstić information content (AvgIpc) is 2.39. The summed E-state index contributed by atoms with van der Waals surface area (Å²) in [7, 11) is 0. The molecule has 0 unspecified atom stereocenters. The van der Waals surface area contributed by atoms with Gasteiger partial charge in [0, 0.05) is 36.7 Å². The largest absolute Gasteiger partial charge is 0.353 e. The lowest BCUT2D eigenvalue weighted by atomic mass is 9.86. The second kappa shape index (κ2) is 4.91. The first-order valence-electron chi connectivity index (χ1n) is 5.60. The molecule has 0 radical (unpaired) electrons. The summed E-state index contributed by atoms with van der Waals surface area (Å²) in [6.45, 7) is 5.10. The third kappa shape index (κ3) is 3.00. The highest BCUT2D eigenvalue weighted by Crippen LogP contribution is 2.21. The maximum atomic E-state index is 4.15. The van der Waals surface area contributed by atoms with Gasteiger partial charge in [0.15, 0.2) is 0 Å². The number of anilines is 1. The number of nitrogens with zero attached hydrogens (tertiary/aromatic N) is 3. The monoisotopic (exact) mass is 228 g/mol. The molecule has 0 aliphatic rings. The van der Waals surface area contributed by atoms with Crippen molar-refractivity contribution in [3.63, 3.8) is 0 Å². The van der Waals surface area contributed by atoms with E-state index in [-0.39, 0.29) is 5.41 Å². The van der Waals surface area contributed by atoms with Crippen LogP contribution in [-0.4, -0.2) is 21.5 Å². The molecule has 4 heteroatoms. The Kier molecular flexibility index (Phi) is 3.32. The molecule has 0 aliphatic carbocycles. The molecule has 17 heavy (non-hydrogen) atoms. The molecule has 0 fully saturated rings. The molecule has 2 aromatic rings. The second-order valence-corrected chi connectivity index (χ2v) is 4.55. The quantitative estimate of drug-likeness (QED) is 0.872. The summed E-state index contributed by atoms with van der Waals surface area (Å²) >= 11 is 0. The zero-order chi connectivity index (χ0) is 12.1. The normalized spacial score (nSPS) is 11.2. The van der Waals surface area contributed by atoms with Crippen molar-refractivity contribution in [3.8, 4) is 0 Å². The summed E-state index contributed by atoms with van der Waals surface area (Å²) in [5.74, 6) is 0.657. The van der Waals surface area contributed by atoms with Gasteiger partial charge in [0.25, 0.3) is 0 Å². The molecular formula is C13H16N4. The molecule has 4 nitrogen and oxygen atoms in total. The molecule has 0 aliphatic heterocycles. The van der Waals surface area contributed by atoms with Crippen LogP contribution in [-0.2, 0) is 5.41 Å². The summed E-state index contributed by atoms with van der Waals surface area (Å²) in [5.41, 5.74) is 1.19. The maximum absolute atomic E-state index is 4.15. The lowest BCUT2D eigenvalue weighted by molar-refractivity contribution is 0.552. The first kappa shape index (κ1) is 11.5. The Labute approximate surface area is 101 Å². The molecule has 0 saturated heterocycles.